The van der Waals surface area contributed by atoms with Crippen LogP contribution in [0.15, 0.2) is 12.3 Å². The zero-order valence-electron chi connectivity index (χ0n) is 12.5. The topological polar surface area (TPSA) is 47.4 Å². The Balaban J connectivity index is 1.73. The predicted molar refractivity (Wildman–Crippen MR) is 77.3 cm³/mol. The standard InChI is InChI=1S/C15H25N3O2/c1-17(10-5-8-15(19)20-2)12-13-9-11-18(16-13)14-6-3-4-7-14/h9,11,14H,3-8,10,12H2,1-2H3. The average molecular weight is 279 g/mol. The SMILES string of the molecule is COC(=O)CCCN(C)Cc1ccn(C2CCCC2)n1. The molecule has 0 spiro atoms. The lowest BCUT2D eigenvalue weighted by atomic mass is 10.3. The second-order valence-electron chi connectivity index (χ2n) is 5.64. The zero-order chi connectivity index (χ0) is 14.4. The summed E-state index contributed by atoms with van der Waals surface area (Å²) >= 11 is 0. The second kappa shape index (κ2) is 7.43. The van der Waals surface area contributed by atoms with Crippen LogP contribution in [0.2, 0.25) is 0 Å². The van der Waals surface area contributed by atoms with Crippen LogP contribution in [0.25, 0.3) is 0 Å². The highest BCUT2D eigenvalue weighted by Crippen LogP contribution is 2.28. The van der Waals surface area contributed by atoms with Gasteiger partial charge in [0.25, 0.3) is 0 Å². The Morgan fingerprint density at radius 1 is 1.50 bits per heavy atom. The molecule has 1 aliphatic rings. The summed E-state index contributed by atoms with van der Waals surface area (Å²) in [6.45, 7) is 1.71. The van der Waals surface area contributed by atoms with Gasteiger partial charge in [-0.05, 0) is 38.9 Å². The fourth-order valence-electron chi connectivity index (χ4n) is 2.78. The van der Waals surface area contributed by atoms with Crippen molar-refractivity contribution in [1.29, 1.82) is 0 Å². The lowest BCUT2D eigenvalue weighted by Crippen LogP contribution is -2.20. The third-order valence-electron chi connectivity index (χ3n) is 3.94. The maximum Gasteiger partial charge on any atom is 0.305 e. The molecule has 1 saturated carbocycles. The number of hydrogen-bond donors (Lipinski definition) is 0. The Morgan fingerprint density at radius 3 is 2.95 bits per heavy atom. The number of methoxy groups -OCH3 is 1. The van der Waals surface area contributed by atoms with Crippen molar-refractivity contribution in [1.82, 2.24) is 14.7 Å². The summed E-state index contributed by atoms with van der Waals surface area (Å²) in [7, 11) is 3.49. The van der Waals surface area contributed by atoms with Gasteiger partial charge in [0.05, 0.1) is 18.8 Å². The molecule has 1 aromatic rings. The molecule has 112 valence electrons. The molecule has 0 bridgehead atoms. The van der Waals surface area contributed by atoms with Gasteiger partial charge in [0.15, 0.2) is 0 Å². The molecule has 0 aliphatic heterocycles. The van der Waals surface area contributed by atoms with Crippen LogP contribution in [0.1, 0.15) is 50.3 Å². The summed E-state index contributed by atoms with van der Waals surface area (Å²) < 4.78 is 6.77. The minimum atomic E-state index is -0.135. The molecule has 5 nitrogen and oxygen atoms in total. The van der Waals surface area contributed by atoms with E-state index in [1.807, 2.05) is 0 Å². The molecule has 0 atom stereocenters. The molecule has 1 aliphatic carbocycles. The van der Waals surface area contributed by atoms with Crippen molar-refractivity contribution < 1.29 is 9.53 Å². The van der Waals surface area contributed by atoms with Crippen molar-refractivity contribution >= 4 is 5.97 Å². The van der Waals surface area contributed by atoms with Gasteiger partial charge in [-0.3, -0.25) is 9.48 Å². The fourth-order valence-corrected chi connectivity index (χ4v) is 2.78. The van der Waals surface area contributed by atoms with Crippen LogP contribution in [0, 0.1) is 0 Å². The van der Waals surface area contributed by atoms with Crippen LogP contribution in [-0.4, -0.2) is 41.4 Å². The third-order valence-corrected chi connectivity index (χ3v) is 3.94. The number of carbonyl (C=O) groups is 1. The van der Waals surface area contributed by atoms with Crippen molar-refractivity contribution in [2.24, 2.45) is 0 Å². The summed E-state index contributed by atoms with van der Waals surface area (Å²) in [5, 5.41) is 4.67. The van der Waals surface area contributed by atoms with Crippen LogP contribution in [0.4, 0.5) is 0 Å². The molecule has 20 heavy (non-hydrogen) atoms. The van der Waals surface area contributed by atoms with E-state index in [9.17, 15) is 4.79 Å². The molecule has 0 amide bonds. The van der Waals surface area contributed by atoms with Crippen molar-refractivity contribution in [2.45, 2.75) is 51.1 Å². The van der Waals surface area contributed by atoms with E-state index in [0.29, 0.717) is 12.5 Å². The number of esters is 1. The smallest absolute Gasteiger partial charge is 0.305 e. The number of carbonyl (C=O) groups excluding carboxylic acids is 1. The maximum absolute atomic E-state index is 11.0. The first-order valence-corrected chi connectivity index (χ1v) is 7.48. The summed E-state index contributed by atoms with van der Waals surface area (Å²) in [5.74, 6) is -0.135. The van der Waals surface area contributed by atoms with Crippen LogP contribution in [0.3, 0.4) is 0 Å². The quantitative estimate of drug-likeness (QED) is 0.719. The number of rotatable bonds is 7. The summed E-state index contributed by atoms with van der Waals surface area (Å²) in [4.78, 5) is 13.2. The first kappa shape index (κ1) is 15.0. The van der Waals surface area contributed by atoms with E-state index < -0.39 is 0 Å². The molecule has 2 rings (SSSR count). The highest BCUT2D eigenvalue weighted by atomic mass is 16.5. The van der Waals surface area contributed by atoms with Crippen molar-refractivity contribution in [2.75, 3.05) is 20.7 Å². The van der Waals surface area contributed by atoms with Crippen LogP contribution >= 0.6 is 0 Å². The van der Waals surface area contributed by atoms with Gasteiger partial charge in [-0.2, -0.15) is 5.10 Å². The molecule has 0 N–H and O–H groups in total. The van der Waals surface area contributed by atoms with Gasteiger partial charge in [-0.15, -0.1) is 0 Å². The van der Waals surface area contributed by atoms with E-state index in [0.717, 1.165) is 25.2 Å². The third kappa shape index (κ3) is 4.34. The zero-order valence-corrected chi connectivity index (χ0v) is 12.5. The maximum atomic E-state index is 11.0. The molecule has 0 saturated heterocycles. The monoisotopic (exact) mass is 279 g/mol. The predicted octanol–water partition coefficient (Wildman–Crippen LogP) is 2.38. The molecular weight excluding hydrogens is 254 g/mol. The van der Waals surface area contributed by atoms with Crippen molar-refractivity contribution in [3.8, 4) is 0 Å². The lowest BCUT2D eigenvalue weighted by Gasteiger charge is -2.15. The van der Waals surface area contributed by atoms with E-state index in [1.165, 1.54) is 32.8 Å². The van der Waals surface area contributed by atoms with Crippen molar-refractivity contribution in [3.63, 3.8) is 0 Å². The van der Waals surface area contributed by atoms with Crippen LogP contribution < -0.4 is 0 Å². The molecular formula is C15H25N3O2. The lowest BCUT2D eigenvalue weighted by molar-refractivity contribution is -0.140. The van der Waals surface area contributed by atoms with Crippen LogP contribution in [-0.2, 0) is 16.1 Å². The average Bonchev–Trinajstić information content (AvgIpc) is 3.08. The highest BCUT2D eigenvalue weighted by Gasteiger charge is 2.17. The number of aromatic nitrogens is 2. The molecule has 1 heterocycles. The fraction of sp³-hybridized carbons (Fsp3) is 0.733. The molecule has 1 fully saturated rings. The normalized spacial score (nSPS) is 15.9. The summed E-state index contributed by atoms with van der Waals surface area (Å²) in [5.41, 5.74) is 1.11. The molecule has 1 aromatic heterocycles. The van der Waals surface area contributed by atoms with Gasteiger partial charge < -0.3 is 9.64 Å². The largest absolute Gasteiger partial charge is 0.469 e. The second-order valence-corrected chi connectivity index (χ2v) is 5.64. The van der Waals surface area contributed by atoms with Gasteiger partial charge in [0.1, 0.15) is 0 Å². The number of ether oxygens (including phenoxy) is 1. The number of nitrogens with zero attached hydrogens (tertiary/aromatic N) is 3. The van der Waals surface area contributed by atoms with E-state index in [4.69, 9.17) is 0 Å². The summed E-state index contributed by atoms with van der Waals surface area (Å²) in [6.07, 6.45) is 8.59. The minimum Gasteiger partial charge on any atom is -0.469 e. The number of hydrogen-bond acceptors (Lipinski definition) is 4. The van der Waals surface area contributed by atoms with Gasteiger partial charge in [-0.25, -0.2) is 0 Å². The van der Waals surface area contributed by atoms with E-state index >= 15 is 0 Å². The Bertz CT molecular complexity index is 425. The molecule has 0 aromatic carbocycles. The molecule has 5 heteroatoms. The highest BCUT2D eigenvalue weighted by molar-refractivity contribution is 5.69. The first-order valence-electron chi connectivity index (χ1n) is 7.48. The first-order chi connectivity index (χ1) is 9.69. The van der Waals surface area contributed by atoms with E-state index in [1.54, 1.807) is 0 Å². The van der Waals surface area contributed by atoms with Crippen LogP contribution in [0.5, 0.6) is 0 Å². The Hall–Kier alpha value is -1.36. The van der Waals surface area contributed by atoms with E-state index in [2.05, 4.69) is 38.7 Å². The molecule has 0 radical (unpaired) electrons. The summed E-state index contributed by atoms with van der Waals surface area (Å²) in [6, 6.07) is 2.71. The van der Waals surface area contributed by atoms with Gasteiger partial charge in [0, 0.05) is 19.2 Å². The van der Waals surface area contributed by atoms with Gasteiger partial charge in [0.2, 0.25) is 0 Å². The Morgan fingerprint density at radius 2 is 2.25 bits per heavy atom. The van der Waals surface area contributed by atoms with Crippen molar-refractivity contribution in [3.05, 3.63) is 18.0 Å². The Labute approximate surface area is 120 Å². The minimum absolute atomic E-state index is 0.135. The molecule has 0 unspecified atom stereocenters. The van der Waals surface area contributed by atoms with E-state index in [-0.39, 0.29) is 5.97 Å². The Kier molecular flexibility index (Phi) is 5.59. The van der Waals surface area contributed by atoms with Gasteiger partial charge >= 0.3 is 5.97 Å². The van der Waals surface area contributed by atoms with Gasteiger partial charge in [-0.1, -0.05) is 12.8 Å².